The SMILES string of the molecule is O=C(CCSC(=S)N1C(=O)CCC1=O)Nc1ccccc1Cl. The number of nitrogens with zero attached hydrogens (tertiary/aromatic N) is 1. The van der Waals surface area contributed by atoms with Gasteiger partial charge < -0.3 is 5.32 Å². The van der Waals surface area contributed by atoms with Gasteiger partial charge >= 0.3 is 0 Å². The summed E-state index contributed by atoms with van der Waals surface area (Å²) < 4.78 is 0.207. The third kappa shape index (κ3) is 4.28. The molecule has 116 valence electrons. The molecule has 1 heterocycles. The first-order chi connectivity index (χ1) is 10.5. The van der Waals surface area contributed by atoms with Crippen molar-refractivity contribution in [3.63, 3.8) is 0 Å². The van der Waals surface area contributed by atoms with Crippen LogP contribution in [0.3, 0.4) is 0 Å². The third-order valence-electron chi connectivity index (χ3n) is 2.94. The van der Waals surface area contributed by atoms with E-state index in [0.717, 1.165) is 16.7 Å². The Morgan fingerprint density at radius 3 is 2.55 bits per heavy atom. The van der Waals surface area contributed by atoms with Crippen LogP contribution in [0.4, 0.5) is 5.69 Å². The number of carbonyl (C=O) groups is 3. The molecule has 1 aromatic carbocycles. The second-order valence-electron chi connectivity index (χ2n) is 4.52. The molecule has 1 aliphatic rings. The van der Waals surface area contributed by atoms with Gasteiger partial charge in [0.25, 0.3) is 0 Å². The molecule has 3 amide bonds. The molecule has 1 N–H and O–H groups in total. The maximum absolute atomic E-state index is 11.8. The fourth-order valence-electron chi connectivity index (χ4n) is 1.85. The van der Waals surface area contributed by atoms with E-state index in [-0.39, 0.29) is 41.3 Å². The smallest absolute Gasteiger partial charge is 0.235 e. The molecule has 1 aromatic rings. The van der Waals surface area contributed by atoms with Crippen LogP contribution in [0.2, 0.25) is 5.02 Å². The van der Waals surface area contributed by atoms with Crippen molar-refractivity contribution in [1.82, 2.24) is 4.90 Å². The molecule has 0 radical (unpaired) electrons. The second-order valence-corrected chi connectivity index (χ2v) is 6.65. The molecule has 0 bridgehead atoms. The van der Waals surface area contributed by atoms with Crippen LogP contribution in [0.25, 0.3) is 0 Å². The van der Waals surface area contributed by atoms with Crippen molar-refractivity contribution in [2.75, 3.05) is 11.1 Å². The summed E-state index contributed by atoms with van der Waals surface area (Å²) in [6, 6.07) is 6.94. The van der Waals surface area contributed by atoms with Gasteiger partial charge in [-0.3, -0.25) is 14.4 Å². The molecule has 0 atom stereocenters. The van der Waals surface area contributed by atoms with E-state index in [2.05, 4.69) is 5.32 Å². The van der Waals surface area contributed by atoms with E-state index in [1.54, 1.807) is 24.3 Å². The summed E-state index contributed by atoms with van der Waals surface area (Å²) in [5.41, 5.74) is 0.548. The number of para-hydroxylation sites is 1. The Kier molecular flexibility index (Phi) is 5.93. The van der Waals surface area contributed by atoms with Gasteiger partial charge in [0, 0.05) is 25.0 Å². The molecular formula is C14H13ClN2O3S2. The van der Waals surface area contributed by atoms with Crippen molar-refractivity contribution in [2.24, 2.45) is 0 Å². The predicted octanol–water partition coefficient (Wildman–Crippen LogP) is 2.84. The average molecular weight is 357 g/mol. The first kappa shape index (κ1) is 16.9. The molecule has 0 saturated carbocycles. The summed E-state index contributed by atoms with van der Waals surface area (Å²) in [5, 5.41) is 3.16. The van der Waals surface area contributed by atoms with Gasteiger partial charge in [0.2, 0.25) is 17.7 Å². The highest BCUT2D eigenvalue weighted by Gasteiger charge is 2.32. The van der Waals surface area contributed by atoms with Gasteiger partial charge in [0.1, 0.15) is 4.32 Å². The molecule has 22 heavy (non-hydrogen) atoms. The summed E-state index contributed by atoms with van der Waals surface area (Å²) in [6.45, 7) is 0. The lowest BCUT2D eigenvalue weighted by atomic mass is 10.3. The molecule has 1 saturated heterocycles. The Labute approximate surface area is 142 Å². The summed E-state index contributed by atoms with van der Waals surface area (Å²) in [5.74, 6) is -0.375. The topological polar surface area (TPSA) is 66.5 Å². The van der Waals surface area contributed by atoms with Gasteiger partial charge in [-0.2, -0.15) is 0 Å². The monoisotopic (exact) mass is 356 g/mol. The van der Waals surface area contributed by atoms with Crippen molar-refractivity contribution in [1.29, 1.82) is 0 Å². The van der Waals surface area contributed by atoms with Crippen LogP contribution in [0, 0.1) is 0 Å². The Hall–Kier alpha value is -1.44. The summed E-state index contributed by atoms with van der Waals surface area (Å²) in [7, 11) is 0. The van der Waals surface area contributed by atoms with Crippen molar-refractivity contribution in [2.45, 2.75) is 19.3 Å². The van der Waals surface area contributed by atoms with E-state index in [4.69, 9.17) is 23.8 Å². The van der Waals surface area contributed by atoms with E-state index in [9.17, 15) is 14.4 Å². The summed E-state index contributed by atoms with van der Waals surface area (Å²) >= 11 is 12.2. The van der Waals surface area contributed by atoms with Gasteiger partial charge in [0.15, 0.2) is 0 Å². The van der Waals surface area contributed by atoms with Gasteiger partial charge in [-0.25, -0.2) is 4.90 Å². The number of likely N-dealkylation sites (tertiary alicyclic amines) is 1. The minimum atomic E-state index is -0.275. The third-order valence-corrected chi connectivity index (χ3v) is 4.64. The molecule has 0 spiro atoms. The first-order valence-corrected chi connectivity index (χ1v) is 8.33. The summed E-state index contributed by atoms with van der Waals surface area (Å²) in [6.07, 6.45) is 0.602. The number of halogens is 1. The Morgan fingerprint density at radius 2 is 1.91 bits per heavy atom. The normalized spacial score (nSPS) is 14.3. The number of benzene rings is 1. The fourth-order valence-corrected chi connectivity index (χ4v) is 3.28. The van der Waals surface area contributed by atoms with Gasteiger partial charge in [-0.05, 0) is 12.1 Å². The second kappa shape index (κ2) is 7.71. The van der Waals surface area contributed by atoms with Crippen LogP contribution >= 0.6 is 35.6 Å². The molecular weight excluding hydrogens is 344 g/mol. The number of carbonyl (C=O) groups excluding carboxylic acids is 3. The number of thioether (sulfide) groups is 1. The maximum atomic E-state index is 11.8. The number of thiocarbonyl (C=S) groups is 1. The van der Waals surface area contributed by atoms with Crippen molar-refractivity contribution >= 4 is 63.3 Å². The molecule has 1 fully saturated rings. The zero-order chi connectivity index (χ0) is 16.1. The summed E-state index contributed by atoms with van der Waals surface area (Å²) in [4.78, 5) is 35.9. The number of amides is 3. The Balaban J connectivity index is 1.78. The van der Waals surface area contributed by atoms with Crippen molar-refractivity contribution < 1.29 is 14.4 Å². The average Bonchev–Trinajstić information content (AvgIpc) is 2.80. The zero-order valence-electron chi connectivity index (χ0n) is 11.5. The molecule has 5 nitrogen and oxygen atoms in total. The highest BCUT2D eigenvalue weighted by Crippen LogP contribution is 2.22. The number of rotatable bonds is 4. The Morgan fingerprint density at radius 1 is 1.27 bits per heavy atom. The van der Waals surface area contributed by atoms with Crippen molar-refractivity contribution in [3.8, 4) is 0 Å². The zero-order valence-corrected chi connectivity index (χ0v) is 13.9. The number of nitrogens with one attached hydrogen (secondary N) is 1. The molecule has 8 heteroatoms. The number of anilines is 1. The molecule has 2 rings (SSSR count). The Bertz CT molecular complexity index is 620. The largest absolute Gasteiger partial charge is 0.325 e. The number of hydrogen-bond donors (Lipinski definition) is 1. The highest BCUT2D eigenvalue weighted by molar-refractivity contribution is 8.23. The highest BCUT2D eigenvalue weighted by atomic mass is 35.5. The van der Waals surface area contributed by atoms with Crippen LogP contribution in [0.5, 0.6) is 0 Å². The number of hydrogen-bond acceptors (Lipinski definition) is 5. The van der Waals surface area contributed by atoms with E-state index in [1.165, 1.54) is 0 Å². The van der Waals surface area contributed by atoms with Gasteiger partial charge in [-0.1, -0.05) is 47.7 Å². The van der Waals surface area contributed by atoms with Crippen molar-refractivity contribution in [3.05, 3.63) is 29.3 Å². The van der Waals surface area contributed by atoms with Crippen LogP contribution in [-0.4, -0.2) is 32.7 Å². The first-order valence-electron chi connectivity index (χ1n) is 6.56. The van der Waals surface area contributed by atoms with Crippen LogP contribution in [0.15, 0.2) is 24.3 Å². The van der Waals surface area contributed by atoms with Gasteiger partial charge in [-0.15, -0.1) is 0 Å². The fraction of sp³-hybridized carbons (Fsp3) is 0.286. The van der Waals surface area contributed by atoms with E-state index in [1.807, 2.05) is 0 Å². The van der Waals surface area contributed by atoms with Crippen LogP contribution < -0.4 is 5.32 Å². The lowest BCUT2D eigenvalue weighted by Gasteiger charge is -2.13. The standard InChI is InChI=1S/C14H13ClN2O3S2/c15-9-3-1-2-4-10(9)16-11(18)7-8-22-14(21)17-12(19)5-6-13(17)20/h1-4H,5-8H2,(H,16,18). The van der Waals surface area contributed by atoms with Crippen LogP contribution in [0.1, 0.15) is 19.3 Å². The minimum absolute atomic E-state index is 0.201. The lowest BCUT2D eigenvalue weighted by Crippen LogP contribution is -2.32. The van der Waals surface area contributed by atoms with Crippen LogP contribution in [-0.2, 0) is 14.4 Å². The van der Waals surface area contributed by atoms with Gasteiger partial charge in [0.05, 0.1) is 10.7 Å². The molecule has 0 aromatic heterocycles. The molecule has 0 aliphatic carbocycles. The minimum Gasteiger partial charge on any atom is -0.325 e. The quantitative estimate of drug-likeness (QED) is 0.663. The predicted molar refractivity (Wildman–Crippen MR) is 90.8 cm³/mol. The molecule has 0 unspecified atom stereocenters. The lowest BCUT2D eigenvalue weighted by molar-refractivity contribution is -0.133. The maximum Gasteiger partial charge on any atom is 0.235 e. The molecule has 1 aliphatic heterocycles. The van der Waals surface area contributed by atoms with E-state index < -0.39 is 0 Å². The number of imide groups is 1. The van der Waals surface area contributed by atoms with E-state index >= 15 is 0 Å². The van der Waals surface area contributed by atoms with E-state index in [0.29, 0.717) is 16.5 Å².